The summed E-state index contributed by atoms with van der Waals surface area (Å²) in [6.45, 7) is 1.67. The first-order valence-electron chi connectivity index (χ1n) is 5.58. The number of hydrogen-bond donors (Lipinski definition) is 1. The summed E-state index contributed by atoms with van der Waals surface area (Å²) >= 11 is 0. The van der Waals surface area contributed by atoms with Crippen LogP contribution in [0.3, 0.4) is 0 Å². The van der Waals surface area contributed by atoms with E-state index < -0.39 is 0 Å². The second kappa shape index (κ2) is 5.61. The highest BCUT2D eigenvalue weighted by atomic mass is 16.5. The van der Waals surface area contributed by atoms with Gasteiger partial charge in [0.2, 0.25) is 0 Å². The maximum absolute atomic E-state index is 10.9. The number of aromatic nitrogens is 1. The number of carbonyl (C=O) groups is 1. The highest BCUT2D eigenvalue weighted by Crippen LogP contribution is 2.18. The van der Waals surface area contributed by atoms with E-state index in [1.165, 1.54) is 0 Å². The Balaban J connectivity index is 2.16. The van der Waals surface area contributed by atoms with Crippen molar-refractivity contribution in [1.29, 1.82) is 0 Å². The van der Waals surface area contributed by atoms with Gasteiger partial charge in [-0.3, -0.25) is 4.79 Å². The Labute approximate surface area is 99.4 Å². The molecule has 0 bridgehead atoms. The molecule has 0 aliphatic carbocycles. The van der Waals surface area contributed by atoms with Crippen LogP contribution < -0.4 is 0 Å². The summed E-state index contributed by atoms with van der Waals surface area (Å²) in [5, 5.41) is 9.56. The lowest BCUT2D eigenvalue weighted by Crippen LogP contribution is -2.07. The van der Waals surface area contributed by atoms with Gasteiger partial charge < -0.3 is 14.4 Å². The van der Waals surface area contributed by atoms with Crippen LogP contribution in [0.5, 0.6) is 0 Å². The van der Waals surface area contributed by atoms with E-state index in [0.29, 0.717) is 25.3 Å². The minimum absolute atomic E-state index is 0.0434. The molecule has 0 saturated heterocycles. The largest absolute Gasteiger partial charge is 0.394 e. The Morgan fingerprint density at radius 3 is 2.94 bits per heavy atom. The predicted molar refractivity (Wildman–Crippen MR) is 65.2 cm³/mol. The number of fused-ring (bicyclic) bond motifs is 1. The molecule has 1 aromatic heterocycles. The first-order chi connectivity index (χ1) is 8.36. The van der Waals surface area contributed by atoms with Crippen LogP contribution in [0.25, 0.3) is 10.9 Å². The van der Waals surface area contributed by atoms with Gasteiger partial charge in [-0.2, -0.15) is 0 Å². The number of nitrogens with zero attached hydrogens (tertiary/aromatic N) is 1. The smallest absolute Gasteiger partial charge is 0.150 e. The van der Waals surface area contributed by atoms with Crippen molar-refractivity contribution in [3.8, 4) is 0 Å². The number of rotatable bonds is 6. The summed E-state index contributed by atoms with van der Waals surface area (Å²) < 4.78 is 7.26. The molecule has 2 aromatic rings. The third-order valence-electron chi connectivity index (χ3n) is 2.69. The van der Waals surface area contributed by atoms with E-state index in [1.807, 2.05) is 35.0 Å². The average molecular weight is 233 g/mol. The molecule has 2 rings (SSSR count). The molecule has 0 amide bonds. The molecule has 0 unspecified atom stereocenters. The number of aliphatic hydroxyl groups excluding tert-OH is 1. The van der Waals surface area contributed by atoms with Crippen LogP contribution >= 0.6 is 0 Å². The number of ether oxygens (including phenoxy) is 1. The monoisotopic (exact) mass is 233 g/mol. The van der Waals surface area contributed by atoms with Gasteiger partial charge in [0.05, 0.1) is 19.8 Å². The maximum Gasteiger partial charge on any atom is 0.150 e. The van der Waals surface area contributed by atoms with E-state index in [2.05, 4.69) is 0 Å². The average Bonchev–Trinajstić information content (AvgIpc) is 2.78. The number of aliphatic hydroxyl groups is 1. The van der Waals surface area contributed by atoms with Crippen molar-refractivity contribution < 1.29 is 14.6 Å². The number of benzene rings is 1. The van der Waals surface area contributed by atoms with Gasteiger partial charge in [0.1, 0.15) is 0 Å². The third kappa shape index (κ3) is 2.54. The van der Waals surface area contributed by atoms with Gasteiger partial charge in [0.25, 0.3) is 0 Å². The van der Waals surface area contributed by atoms with Crippen molar-refractivity contribution in [3.63, 3.8) is 0 Å². The SMILES string of the molecule is O=Cc1cccc2c1ccn2CCOCCO. The molecular formula is C13H15NO3. The fourth-order valence-corrected chi connectivity index (χ4v) is 1.87. The van der Waals surface area contributed by atoms with Gasteiger partial charge >= 0.3 is 0 Å². The van der Waals surface area contributed by atoms with Crippen LogP contribution in [0, 0.1) is 0 Å². The number of carbonyl (C=O) groups excluding carboxylic acids is 1. The summed E-state index contributed by atoms with van der Waals surface area (Å²) in [6, 6.07) is 7.60. The molecule has 4 nitrogen and oxygen atoms in total. The molecule has 0 spiro atoms. The lowest BCUT2D eigenvalue weighted by atomic mass is 10.1. The summed E-state index contributed by atoms with van der Waals surface area (Å²) in [4.78, 5) is 10.9. The molecule has 0 aliphatic rings. The van der Waals surface area contributed by atoms with E-state index in [-0.39, 0.29) is 6.61 Å². The second-order valence-corrected chi connectivity index (χ2v) is 3.74. The molecular weight excluding hydrogens is 218 g/mol. The maximum atomic E-state index is 10.9. The Morgan fingerprint density at radius 2 is 2.18 bits per heavy atom. The Kier molecular flexibility index (Phi) is 3.90. The normalized spacial score (nSPS) is 10.9. The summed E-state index contributed by atoms with van der Waals surface area (Å²) in [6.07, 6.45) is 2.81. The molecule has 0 atom stereocenters. The zero-order valence-electron chi connectivity index (χ0n) is 9.50. The topological polar surface area (TPSA) is 51.5 Å². The first-order valence-corrected chi connectivity index (χ1v) is 5.58. The minimum atomic E-state index is 0.0434. The molecule has 4 heteroatoms. The van der Waals surface area contributed by atoms with Crippen LogP contribution in [0.4, 0.5) is 0 Å². The number of hydrogen-bond acceptors (Lipinski definition) is 3. The van der Waals surface area contributed by atoms with Crippen LogP contribution in [-0.2, 0) is 11.3 Å². The second-order valence-electron chi connectivity index (χ2n) is 3.74. The fourth-order valence-electron chi connectivity index (χ4n) is 1.87. The summed E-state index contributed by atoms with van der Waals surface area (Å²) in [7, 11) is 0. The fraction of sp³-hybridized carbons (Fsp3) is 0.308. The molecule has 1 aromatic carbocycles. The third-order valence-corrected chi connectivity index (χ3v) is 2.69. The van der Waals surface area contributed by atoms with Crippen molar-refractivity contribution >= 4 is 17.2 Å². The lowest BCUT2D eigenvalue weighted by molar-refractivity contribution is 0.0875. The zero-order chi connectivity index (χ0) is 12.1. The van der Waals surface area contributed by atoms with Gasteiger partial charge in [-0.1, -0.05) is 12.1 Å². The van der Waals surface area contributed by atoms with Crippen molar-refractivity contribution in [3.05, 3.63) is 36.0 Å². The molecule has 0 saturated carbocycles. The lowest BCUT2D eigenvalue weighted by Gasteiger charge is -2.06. The molecule has 17 heavy (non-hydrogen) atoms. The summed E-state index contributed by atoms with van der Waals surface area (Å²) in [5.74, 6) is 0. The summed E-state index contributed by atoms with van der Waals surface area (Å²) in [5.41, 5.74) is 1.74. The van der Waals surface area contributed by atoms with Crippen molar-refractivity contribution in [2.45, 2.75) is 6.54 Å². The van der Waals surface area contributed by atoms with Crippen molar-refractivity contribution in [2.24, 2.45) is 0 Å². The van der Waals surface area contributed by atoms with Crippen molar-refractivity contribution in [2.75, 3.05) is 19.8 Å². The quantitative estimate of drug-likeness (QED) is 0.607. The molecule has 1 heterocycles. The molecule has 0 fully saturated rings. The minimum Gasteiger partial charge on any atom is -0.394 e. The van der Waals surface area contributed by atoms with Gasteiger partial charge in [-0.25, -0.2) is 0 Å². The van der Waals surface area contributed by atoms with E-state index in [1.54, 1.807) is 0 Å². The predicted octanol–water partition coefficient (Wildman–Crippen LogP) is 1.46. The van der Waals surface area contributed by atoms with Crippen LogP contribution in [0.2, 0.25) is 0 Å². The molecule has 0 radical (unpaired) electrons. The Morgan fingerprint density at radius 1 is 1.29 bits per heavy atom. The zero-order valence-corrected chi connectivity index (χ0v) is 9.50. The first kappa shape index (κ1) is 11.8. The van der Waals surface area contributed by atoms with Crippen LogP contribution in [-0.4, -0.2) is 35.8 Å². The van der Waals surface area contributed by atoms with Gasteiger partial charge in [-0.05, 0) is 12.1 Å². The van der Waals surface area contributed by atoms with Gasteiger partial charge in [-0.15, -0.1) is 0 Å². The van der Waals surface area contributed by atoms with Crippen LogP contribution in [0.15, 0.2) is 30.5 Å². The van der Waals surface area contributed by atoms with E-state index in [4.69, 9.17) is 9.84 Å². The Bertz CT molecular complexity index is 504. The van der Waals surface area contributed by atoms with Gasteiger partial charge in [0.15, 0.2) is 6.29 Å². The van der Waals surface area contributed by atoms with Crippen molar-refractivity contribution in [1.82, 2.24) is 4.57 Å². The molecule has 1 N–H and O–H groups in total. The van der Waals surface area contributed by atoms with Gasteiger partial charge in [0, 0.05) is 29.2 Å². The highest BCUT2D eigenvalue weighted by Gasteiger charge is 2.04. The number of aldehydes is 1. The van der Waals surface area contributed by atoms with Crippen LogP contribution in [0.1, 0.15) is 10.4 Å². The molecule has 90 valence electrons. The molecule has 0 aliphatic heterocycles. The standard InChI is InChI=1S/C13H15NO3/c15-7-9-17-8-6-14-5-4-12-11(10-16)2-1-3-13(12)14/h1-5,10,15H,6-9H2. The van der Waals surface area contributed by atoms with E-state index in [0.717, 1.165) is 17.2 Å². The van der Waals surface area contributed by atoms with E-state index in [9.17, 15) is 4.79 Å². The highest BCUT2D eigenvalue weighted by molar-refractivity contribution is 5.97. The Hall–Kier alpha value is -1.65. The van der Waals surface area contributed by atoms with E-state index >= 15 is 0 Å².